The van der Waals surface area contributed by atoms with Gasteiger partial charge in [0, 0.05) is 5.54 Å². The molecule has 0 saturated carbocycles. The van der Waals surface area contributed by atoms with E-state index in [0.717, 1.165) is 18.5 Å². The number of halogens is 1. The molecule has 0 spiro atoms. The second kappa shape index (κ2) is 3.93. The standard InChI is InChI=1S/C13H18FN/c1-10-4-5-11(9-14)8-12(10)13(2)6-3-7-15-13/h4-5,8,15H,3,6-7,9H2,1-2H3. The van der Waals surface area contributed by atoms with Crippen LogP contribution in [0.5, 0.6) is 0 Å². The predicted octanol–water partition coefficient (Wildman–Crippen LogP) is 3.06. The molecule has 1 N–H and O–H groups in total. The average Bonchev–Trinajstić information content (AvgIpc) is 2.67. The van der Waals surface area contributed by atoms with E-state index in [4.69, 9.17) is 0 Å². The van der Waals surface area contributed by atoms with Gasteiger partial charge in [-0.3, -0.25) is 0 Å². The van der Waals surface area contributed by atoms with Gasteiger partial charge in [-0.25, -0.2) is 4.39 Å². The van der Waals surface area contributed by atoms with Crippen LogP contribution in [0, 0.1) is 6.92 Å². The second-order valence-corrected chi connectivity index (χ2v) is 4.65. The zero-order valence-corrected chi connectivity index (χ0v) is 9.44. The minimum absolute atomic E-state index is 0.0509. The quantitative estimate of drug-likeness (QED) is 0.786. The van der Waals surface area contributed by atoms with Crippen LogP contribution in [-0.4, -0.2) is 6.54 Å². The third-order valence-electron chi connectivity index (χ3n) is 3.42. The van der Waals surface area contributed by atoms with Gasteiger partial charge in [0.05, 0.1) is 0 Å². The van der Waals surface area contributed by atoms with Crippen LogP contribution in [-0.2, 0) is 12.2 Å². The minimum atomic E-state index is -0.372. The Morgan fingerprint density at radius 1 is 1.47 bits per heavy atom. The summed E-state index contributed by atoms with van der Waals surface area (Å²) >= 11 is 0. The molecule has 1 atom stereocenters. The molecule has 0 amide bonds. The monoisotopic (exact) mass is 207 g/mol. The fourth-order valence-electron chi connectivity index (χ4n) is 2.47. The van der Waals surface area contributed by atoms with Crippen LogP contribution in [0.4, 0.5) is 4.39 Å². The van der Waals surface area contributed by atoms with Gasteiger partial charge in [-0.15, -0.1) is 0 Å². The molecule has 15 heavy (non-hydrogen) atoms. The van der Waals surface area contributed by atoms with Crippen molar-refractivity contribution in [2.75, 3.05) is 6.54 Å². The highest BCUT2D eigenvalue weighted by Crippen LogP contribution is 2.32. The van der Waals surface area contributed by atoms with E-state index in [1.54, 1.807) is 0 Å². The van der Waals surface area contributed by atoms with Gasteiger partial charge in [-0.1, -0.05) is 18.2 Å². The fourth-order valence-corrected chi connectivity index (χ4v) is 2.47. The molecule has 1 aromatic rings. The van der Waals surface area contributed by atoms with Crippen molar-refractivity contribution in [2.45, 2.75) is 38.9 Å². The maximum atomic E-state index is 12.6. The first-order valence-corrected chi connectivity index (χ1v) is 5.57. The van der Waals surface area contributed by atoms with E-state index in [-0.39, 0.29) is 12.2 Å². The van der Waals surface area contributed by atoms with Gasteiger partial charge in [0.2, 0.25) is 0 Å². The van der Waals surface area contributed by atoms with Crippen LogP contribution in [0.25, 0.3) is 0 Å². The molecule has 2 rings (SSSR count). The lowest BCUT2D eigenvalue weighted by molar-refractivity contribution is 0.429. The summed E-state index contributed by atoms with van der Waals surface area (Å²) in [4.78, 5) is 0. The molecular weight excluding hydrogens is 189 g/mol. The van der Waals surface area contributed by atoms with Gasteiger partial charge >= 0.3 is 0 Å². The Labute approximate surface area is 90.7 Å². The summed E-state index contributed by atoms with van der Waals surface area (Å²) in [6.45, 7) is 5.01. The molecule has 0 aliphatic carbocycles. The molecule has 0 aromatic heterocycles. The molecular formula is C13H18FN. The van der Waals surface area contributed by atoms with Gasteiger partial charge in [0.1, 0.15) is 6.67 Å². The normalized spacial score (nSPS) is 25.8. The van der Waals surface area contributed by atoms with Gasteiger partial charge in [0.25, 0.3) is 0 Å². The maximum Gasteiger partial charge on any atom is 0.115 e. The van der Waals surface area contributed by atoms with Crippen molar-refractivity contribution >= 4 is 0 Å². The zero-order valence-electron chi connectivity index (χ0n) is 9.44. The van der Waals surface area contributed by atoms with E-state index in [2.05, 4.69) is 19.2 Å². The first kappa shape index (κ1) is 10.6. The number of rotatable bonds is 2. The molecule has 0 radical (unpaired) electrons. The molecule has 0 bridgehead atoms. The lowest BCUT2D eigenvalue weighted by Gasteiger charge is -2.27. The van der Waals surface area contributed by atoms with E-state index < -0.39 is 0 Å². The van der Waals surface area contributed by atoms with Crippen LogP contribution < -0.4 is 5.32 Å². The highest BCUT2D eigenvalue weighted by Gasteiger charge is 2.31. The summed E-state index contributed by atoms with van der Waals surface area (Å²) in [6.07, 6.45) is 2.35. The molecule has 2 heteroatoms. The fraction of sp³-hybridized carbons (Fsp3) is 0.538. The van der Waals surface area contributed by atoms with Crippen molar-refractivity contribution in [1.82, 2.24) is 5.32 Å². The second-order valence-electron chi connectivity index (χ2n) is 4.65. The molecule has 1 fully saturated rings. The molecule has 1 aliphatic heterocycles. The number of alkyl halides is 1. The number of hydrogen-bond donors (Lipinski definition) is 1. The smallest absolute Gasteiger partial charge is 0.115 e. The van der Waals surface area contributed by atoms with Gasteiger partial charge < -0.3 is 5.32 Å². The van der Waals surface area contributed by atoms with E-state index in [9.17, 15) is 4.39 Å². The third-order valence-corrected chi connectivity index (χ3v) is 3.42. The van der Waals surface area contributed by atoms with E-state index >= 15 is 0 Å². The van der Waals surface area contributed by atoms with Crippen molar-refractivity contribution in [3.63, 3.8) is 0 Å². The van der Waals surface area contributed by atoms with Crippen molar-refractivity contribution in [3.05, 3.63) is 34.9 Å². The first-order valence-electron chi connectivity index (χ1n) is 5.57. The van der Waals surface area contributed by atoms with Crippen molar-refractivity contribution < 1.29 is 4.39 Å². The van der Waals surface area contributed by atoms with Crippen LogP contribution in [0.3, 0.4) is 0 Å². The summed E-state index contributed by atoms with van der Waals surface area (Å²) in [6, 6.07) is 5.90. The Balaban J connectivity index is 2.41. The zero-order chi connectivity index (χ0) is 10.9. The number of benzene rings is 1. The highest BCUT2D eigenvalue weighted by molar-refractivity contribution is 5.36. The Morgan fingerprint density at radius 3 is 2.87 bits per heavy atom. The number of aryl methyl sites for hydroxylation is 1. The maximum absolute atomic E-state index is 12.6. The molecule has 82 valence electrons. The van der Waals surface area contributed by atoms with Crippen LogP contribution in [0.15, 0.2) is 18.2 Å². The van der Waals surface area contributed by atoms with Crippen LogP contribution >= 0.6 is 0 Å². The van der Waals surface area contributed by atoms with Gasteiger partial charge in [0.15, 0.2) is 0 Å². The summed E-state index contributed by atoms with van der Waals surface area (Å²) in [5, 5.41) is 3.52. The summed E-state index contributed by atoms with van der Waals surface area (Å²) < 4.78 is 12.6. The molecule has 1 aromatic carbocycles. The van der Waals surface area contributed by atoms with Crippen molar-refractivity contribution in [1.29, 1.82) is 0 Å². The number of nitrogens with one attached hydrogen (secondary N) is 1. The Bertz CT molecular complexity index is 354. The summed E-state index contributed by atoms with van der Waals surface area (Å²) in [7, 11) is 0. The SMILES string of the molecule is Cc1ccc(CF)cc1C1(C)CCCN1. The molecule has 1 nitrogen and oxygen atoms in total. The minimum Gasteiger partial charge on any atom is -0.308 e. The topological polar surface area (TPSA) is 12.0 Å². The lowest BCUT2D eigenvalue weighted by atomic mass is 9.86. The predicted molar refractivity (Wildman–Crippen MR) is 60.6 cm³/mol. The molecule has 1 saturated heterocycles. The first-order chi connectivity index (χ1) is 7.15. The van der Waals surface area contributed by atoms with E-state index in [1.165, 1.54) is 17.5 Å². The molecule has 1 heterocycles. The third kappa shape index (κ3) is 1.91. The Hall–Kier alpha value is -0.890. The average molecular weight is 207 g/mol. The van der Waals surface area contributed by atoms with E-state index in [0.29, 0.717) is 0 Å². The highest BCUT2D eigenvalue weighted by atomic mass is 19.1. The van der Waals surface area contributed by atoms with Crippen molar-refractivity contribution in [2.24, 2.45) is 0 Å². The van der Waals surface area contributed by atoms with E-state index in [1.807, 2.05) is 18.2 Å². The summed E-state index contributed by atoms with van der Waals surface area (Å²) in [5.74, 6) is 0. The van der Waals surface area contributed by atoms with Crippen LogP contribution in [0.2, 0.25) is 0 Å². The Kier molecular flexibility index (Phi) is 2.79. The van der Waals surface area contributed by atoms with Crippen molar-refractivity contribution in [3.8, 4) is 0 Å². The summed E-state index contributed by atoms with van der Waals surface area (Å²) in [5.41, 5.74) is 3.35. The van der Waals surface area contributed by atoms with Crippen LogP contribution in [0.1, 0.15) is 36.5 Å². The number of hydrogen-bond acceptors (Lipinski definition) is 1. The van der Waals surface area contributed by atoms with Gasteiger partial charge in [-0.05, 0) is 49.9 Å². The largest absolute Gasteiger partial charge is 0.308 e. The lowest BCUT2D eigenvalue weighted by Crippen LogP contribution is -2.34. The molecule has 1 aliphatic rings. The van der Waals surface area contributed by atoms with Gasteiger partial charge in [-0.2, -0.15) is 0 Å². The Morgan fingerprint density at radius 2 is 2.27 bits per heavy atom. The molecule has 1 unspecified atom stereocenters.